The minimum atomic E-state index is -0.374. The molecule has 0 saturated carbocycles. The number of ether oxygens (including phenoxy) is 2. The average Bonchev–Trinajstić information content (AvgIpc) is 3.40. The maximum atomic E-state index is 13.1. The highest BCUT2D eigenvalue weighted by Gasteiger charge is 2.39. The summed E-state index contributed by atoms with van der Waals surface area (Å²) in [5.74, 6) is 0.874. The molecule has 1 aromatic carbocycles. The molecule has 1 aromatic heterocycles. The first-order valence-corrected chi connectivity index (χ1v) is 10.4. The Morgan fingerprint density at radius 2 is 2.03 bits per heavy atom. The monoisotopic (exact) mass is 431 g/mol. The quantitative estimate of drug-likeness (QED) is 0.718. The van der Waals surface area contributed by atoms with E-state index in [0.29, 0.717) is 56.4 Å². The lowest BCUT2D eigenvalue weighted by atomic mass is 9.99. The zero-order chi connectivity index (χ0) is 21.8. The van der Waals surface area contributed by atoms with Gasteiger partial charge in [-0.1, -0.05) is 0 Å². The second-order valence-corrected chi connectivity index (χ2v) is 7.91. The minimum Gasteiger partial charge on any atom is -0.484 e. The van der Waals surface area contributed by atoms with Crippen molar-refractivity contribution in [3.63, 3.8) is 0 Å². The molecule has 4 rings (SSSR count). The van der Waals surface area contributed by atoms with Crippen LogP contribution in [0.3, 0.4) is 0 Å². The van der Waals surface area contributed by atoms with Crippen LogP contribution >= 0.6 is 0 Å². The molecule has 166 valence electrons. The Labute approximate surface area is 179 Å². The van der Waals surface area contributed by atoms with Gasteiger partial charge in [0, 0.05) is 31.7 Å². The van der Waals surface area contributed by atoms with Crippen molar-refractivity contribution in [2.75, 3.05) is 26.4 Å². The van der Waals surface area contributed by atoms with E-state index in [4.69, 9.17) is 9.47 Å². The minimum absolute atomic E-state index is 0.00456. The molecule has 2 amide bonds. The van der Waals surface area contributed by atoms with Crippen molar-refractivity contribution in [3.8, 4) is 5.75 Å². The van der Waals surface area contributed by atoms with Crippen molar-refractivity contribution in [2.24, 2.45) is 5.92 Å². The number of hydrogen-bond donors (Lipinski definition) is 2. The van der Waals surface area contributed by atoms with Gasteiger partial charge in [-0.05, 0) is 50.5 Å². The standard InChI is InChI=1S/C21H26FN5O4/c1-13-23-20(26-25-13)18-10-16(24-21(29)14-6-8-30-9-7-14)11-27(18)19(28)12-31-17-4-2-15(22)3-5-17/h2-5,14,16,18H,6-12H2,1H3,(H,24,29)(H,23,25,26)/t16-,18-/m0/s1. The fraction of sp³-hybridized carbons (Fsp3) is 0.524. The van der Waals surface area contributed by atoms with Crippen LogP contribution in [0.15, 0.2) is 24.3 Å². The summed E-state index contributed by atoms with van der Waals surface area (Å²) in [4.78, 5) is 31.6. The third-order valence-corrected chi connectivity index (χ3v) is 5.65. The summed E-state index contributed by atoms with van der Waals surface area (Å²) >= 11 is 0. The smallest absolute Gasteiger partial charge is 0.261 e. The van der Waals surface area contributed by atoms with Crippen LogP contribution in [0.1, 0.15) is 37.0 Å². The normalized spacial score (nSPS) is 21.8. The zero-order valence-corrected chi connectivity index (χ0v) is 17.3. The van der Waals surface area contributed by atoms with Crippen LogP contribution in [0.2, 0.25) is 0 Å². The number of amides is 2. The molecule has 0 aliphatic carbocycles. The molecule has 3 heterocycles. The molecule has 2 aliphatic heterocycles. The van der Waals surface area contributed by atoms with Gasteiger partial charge in [0.2, 0.25) is 5.91 Å². The van der Waals surface area contributed by atoms with E-state index in [9.17, 15) is 14.0 Å². The molecule has 2 atom stereocenters. The number of aromatic nitrogens is 3. The van der Waals surface area contributed by atoms with E-state index in [1.54, 1.807) is 11.8 Å². The Morgan fingerprint density at radius 3 is 2.71 bits per heavy atom. The van der Waals surface area contributed by atoms with Gasteiger partial charge in [0.15, 0.2) is 12.4 Å². The van der Waals surface area contributed by atoms with Crippen LogP contribution in [-0.4, -0.2) is 64.3 Å². The Morgan fingerprint density at radius 1 is 1.29 bits per heavy atom. The first kappa shape index (κ1) is 21.2. The Bertz CT molecular complexity index is 913. The highest BCUT2D eigenvalue weighted by atomic mass is 19.1. The van der Waals surface area contributed by atoms with Gasteiger partial charge in [0.05, 0.1) is 6.04 Å². The zero-order valence-electron chi connectivity index (χ0n) is 17.3. The van der Waals surface area contributed by atoms with Crippen molar-refractivity contribution in [2.45, 2.75) is 38.3 Å². The van der Waals surface area contributed by atoms with E-state index in [0.717, 1.165) is 0 Å². The van der Waals surface area contributed by atoms with Crippen LogP contribution < -0.4 is 10.1 Å². The van der Waals surface area contributed by atoms with E-state index in [1.165, 1.54) is 24.3 Å². The number of rotatable bonds is 6. The second-order valence-electron chi connectivity index (χ2n) is 7.91. The summed E-state index contributed by atoms with van der Waals surface area (Å²) in [7, 11) is 0. The van der Waals surface area contributed by atoms with E-state index >= 15 is 0 Å². The van der Waals surface area contributed by atoms with Gasteiger partial charge < -0.3 is 19.7 Å². The molecular formula is C21H26FN5O4. The SMILES string of the molecule is Cc1nc([C@@H]2C[C@H](NC(=O)C3CCOCC3)CN2C(=O)COc2ccc(F)cc2)n[nH]1. The molecule has 10 heteroatoms. The van der Waals surface area contributed by atoms with Crippen molar-refractivity contribution in [1.82, 2.24) is 25.4 Å². The first-order valence-electron chi connectivity index (χ1n) is 10.4. The van der Waals surface area contributed by atoms with Gasteiger partial charge >= 0.3 is 0 Å². The van der Waals surface area contributed by atoms with Crippen LogP contribution in [-0.2, 0) is 14.3 Å². The lowest BCUT2D eigenvalue weighted by molar-refractivity contribution is -0.135. The highest BCUT2D eigenvalue weighted by Crippen LogP contribution is 2.31. The fourth-order valence-corrected chi connectivity index (χ4v) is 4.01. The lowest BCUT2D eigenvalue weighted by Crippen LogP contribution is -2.43. The van der Waals surface area contributed by atoms with Gasteiger partial charge in [-0.3, -0.25) is 14.7 Å². The molecule has 0 bridgehead atoms. The average molecular weight is 431 g/mol. The fourth-order valence-electron chi connectivity index (χ4n) is 4.01. The highest BCUT2D eigenvalue weighted by molar-refractivity contribution is 5.80. The maximum absolute atomic E-state index is 13.1. The molecule has 2 N–H and O–H groups in total. The van der Waals surface area contributed by atoms with Gasteiger partial charge in [0.25, 0.3) is 5.91 Å². The van der Waals surface area contributed by atoms with E-state index in [-0.39, 0.29) is 42.2 Å². The third-order valence-electron chi connectivity index (χ3n) is 5.65. The Balaban J connectivity index is 1.42. The summed E-state index contributed by atoms with van der Waals surface area (Å²) in [5.41, 5.74) is 0. The summed E-state index contributed by atoms with van der Waals surface area (Å²) < 4.78 is 23.9. The Hall–Kier alpha value is -3.01. The molecule has 9 nitrogen and oxygen atoms in total. The number of carbonyl (C=O) groups is 2. The van der Waals surface area contributed by atoms with Crippen molar-refractivity contribution < 1.29 is 23.5 Å². The van der Waals surface area contributed by atoms with Gasteiger partial charge in [-0.2, -0.15) is 5.10 Å². The summed E-state index contributed by atoms with van der Waals surface area (Å²) in [6, 6.07) is 4.93. The molecule has 2 aliphatic rings. The number of aryl methyl sites for hydroxylation is 1. The third kappa shape index (κ3) is 5.19. The molecule has 2 aromatic rings. The molecular weight excluding hydrogens is 405 g/mol. The van der Waals surface area contributed by atoms with Crippen LogP contribution in [0, 0.1) is 18.7 Å². The molecule has 2 fully saturated rings. The van der Waals surface area contributed by atoms with Crippen LogP contribution in [0.5, 0.6) is 5.75 Å². The largest absolute Gasteiger partial charge is 0.484 e. The van der Waals surface area contributed by atoms with Gasteiger partial charge in [-0.25, -0.2) is 9.37 Å². The summed E-state index contributed by atoms with van der Waals surface area (Å²) in [6.07, 6.45) is 1.93. The summed E-state index contributed by atoms with van der Waals surface area (Å²) in [6.45, 7) is 3.12. The molecule has 0 unspecified atom stereocenters. The van der Waals surface area contributed by atoms with Crippen molar-refractivity contribution in [3.05, 3.63) is 41.7 Å². The molecule has 0 radical (unpaired) electrons. The van der Waals surface area contributed by atoms with Gasteiger partial charge in [0.1, 0.15) is 17.4 Å². The number of nitrogens with zero attached hydrogens (tertiary/aromatic N) is 3. The molecule has 31 heavy (non-hydrogen) atoms. The number of H-pyrrole nitrogens is 1. The number of benzene rings is 1. The molecule has 0 spiro atoms. The number of likely N-dealkylation sites (tertiary alicyclic amines) is 1. The number of nitrogens with one attached hydrogen (secondary N) is 2. The number of hydrogen-bond acceptors (Lipinski definition) is 6. The lowest BCUT2D eigenvalue weighted by Gasteiger charge is -2.24. The maximum Gasteiger partial charge on any atom is 0.261 e. The topological polar surface area (TPSA) is 109 Å². The number of halogens is 1. The predicted octanol–water partition coefficient (Wildman–Crippen LogP) is 1.52. The van der Waals surface area contributed by atoms with Crippen molar-refractivity contribution >= 4 is 11.8 Å². The van der Waals surface area contributed by atoms with Gasteiger partial charge in [-0.15, -0.1) is 0 Å². The van der Waals surface area contributed by atoms with E-state index in [1.807, 2.05) is 0 Å². The predicted molar refractivity (Wildman–Crippen MR) is 108 cm³/mol. The van der Waals surface area contributed by atoms with E-state index in [2.05, 4.69) is 20.5 Å². The van der Waals surface area contributed by atoms with Crippen LogP contribution in [0.4, 0.5) is 4.39 Å². The molecule has 2 saturated heterocycles. The number of aromatic amines is 1. The van der Waals surface area contributed by atoms with Crippen molar-refractivity contribution in [1.29, 1.82) is 0 Å². The number of carbonyl (C=O) groups excluding carboxylic acids is 2. The Kier molecular flexibility index (Phi) is 6.45. The van der Waals surface area contributed by atoms with Crippen LogP contribution in [0.25, 0.3) is 0 Å². The van der Waals surface area contributed by atoms with E-state index < -0.39 is 0 Å². The first-order chi connectivity index (χ1) is 15.0. The second kappa shape index (κ2) is 9.42. The summed E-state index contributed by atoms with van der Waals surface area (Å²) in [5, 5.41) is 10.1.